The van der Waals surface area contributed by atoms with Gasteiger partial charge in [-0.1, -0.05) is 6.07 Å². The van der Waals surface area contributed by atoms with Crippen LogP contribution in [0.15, 0.2) is 30.3 Å². The Bertz CT molecular complexity index is 951. The molecule has 2 aromatic carbocycles. The van der Waals surface area contributed by atoms with Gasteiger partial charge in [0, 0.05) is 17.2 Å². The van der Waals surface area contributed by atoms with E-state index < -0.39 is 47.3 Å². The van der Waals surface area contributed by atoms with Crippen LogP contribution in [0.2, 0.25) is 0 Å². The maximum absolute atomic E-state index is 14.0. The molecule has 0 spiro atoms. The van der Waals surface area contributed by atoms with E-state index in [0.717, 1.165) is 17.0 Å². The molecule has 1 aliphatic rings. The normalized spacial score (nSPS) is 15.5. The minimum Gasteiger partial charge on any atom is -0.348 e. The smallest absolute Gasteiger partial charge is 0.322 e. The van der Waals surface area contributed by atoms with Gasteiger partial charge in [-0.05, 0) is 32.0 Å². The topological polar surface area (TPSA) is 61.4 Å². The number of hydrogen-bond acceptors (Lipinski definition) is 2. The van der Waals surface area contributed by atoms with Crippen LogP contribution in [0.25, 0.3) is 0 Å². The molecule has 3 amide bonds. The van der Waals surface area contributed by atoms with E-state index >= 15 is 0 Å². The van der Waals surface area contributed by atoms with E-state index in [1.54, 1.807) is 0 Å². The van der Waals surface area contributed by atoms with Gasteiger partial charge in [0.05, 0.1) is 18.3 Å². The van der Waals surface area contributed by atoms with Crippen molar-refractivity contribution in [2.24, 2.45) is 0 Å². The lowest BCUT2D eigenvalue weighted by Crippen LogP contribution is -2.51. The van der Waals surface area contributed by atoms with E-state index in [-0.39, 0.29) is 23.4 Å². The first-order valence-corrected chi connectivity index (χ1v) is 8.49. The van der Waals surface area contributed by atoms with Crippen molar-refractivity contribution in [1.29, 1.82) is 0 Å². The van der Waals surface area contributed by atoms with Crippen LogP contribution in [-0.4, -0.2) is 22.9 Å². The van der Waals surface area contributed by atoms with E-state index in [0.29, 0.717) is 6.07 Å². The molecule has 28 heavy (non-hydrogen) atoms. The van der Waals surface area contributed by atoms with Crippen LogP contribution >= 0.6 is 0 Å². The van der Waals surface area contributed by atoms with Gasteiger partial charge in [0.1, 0.15) is 17.7 Å². The number of anilines is 1. The zero-order chi connectivity index (χ0) is 20.6. The van der Waals surface area contributed by atoms with E-state index in [9.17, 15) is 27.2 Å². The third-order valence-corrected chi connectivity index (χ3v) is 4.66. The predicted molar refractivity (Wildman–Crippen MR) is 93.3 cm³/mol. The average Bonchev–Trinajstić information content (AvgIpc) is 2.63. The molecule has 148 valence electrons. The standard InChI is InChI=1S/C19H17F4N3O2/c1-9(12-4-3-11(20)7-15(12)22)24-18(27)10(2)26-8-13-16(25-19(26)28)6-5-14(21)17(13)23/h3-7,9-10H,8H2,1-2H3,(H,24,27)(H,25,28)/t9-,10+/m0/s1. The minimum atomic E-state index is -1.10. The van der Waals surface area contributed by atoms with Crippen LogP contribution < -0.4 is 10.6 Å². The summed E-state index contributed by atoms with van der Waals surface area (Å²) in [6.45, 7) is 2.60. The monoisotopic (exact) mass is 395 g/mol. The number of urea groups is 1. The van der Waals surface area contributed by atoms with E-state index in [1.165, 1.54) is 26.0 Å². The lowest BCUT2D eigenvalue weighted by atomic mass is 10.1. The molecule has 0 aromatic heterocycles. The average molecular weight is 395 g/mol. The summed E-state index contributed by atoms with van der Waals surface area (Å²) in [6, 6.07) is 2.62. The lowest BCUT2D eigenvalue weighted by Gasteiger charge is -2.34. The Morgan fingerprint density at radius 2 is 1.82 bits per heavy atom. The molecule has 0 saturated carbocycles. The third-order valence-electron chi connectivity index (χ3n) is 4.66. The molecule has 0 aliphatic carbocycles. The Hall–Kier alpha value is -3.10. The Balaban J connectivity index is 1.75. The number of halogens is 4. The number of benzene rings is 2. The quantitative estimate of drug-likeness (QED) is 0.773. The summed E-state index contributed by atoms with van der Waals surface area (Å²) in [5, 5.41) is 4.95. The lowest BCUT2D eigenvalue weighted by molar-refractivity contribution is -0.125. The molecule has 0 saturated heterocycles. The van der Waals surface area contributed by atoms with Gasteiger partial charge in [-0.15, -0.1) is 0 Å². The summed E-state index contributed by atoms with van der Waals surface area (Å²) in [5.41, 5.74) is 0.134. The second kappa shape index (κ2) is 7.49. The highest BCUT2D eigenvalue weighted by Gasteiger charge is 2.33. The molecule has 1 heterocycles. The SMILES string of the molecule is C[C@H](NC(=O)[C@@H](C)N1Cc2c(ccc(F)c2F)NC1=O)c1ccc(F)cc1F. The van der Waals surface area contributed by atoms with Crippen molar-refractivity contribution in [1.82, 2.24) is 10.2 Å². The summed E-state index contributed by atoms with van der Waals surface area (Å²) in [4.78, 5) is 25.8. The summed E-state index contributed by atoms with van der Waals surface area (Å²) < 4.78 is 54.4. The Morgan fingerprint density at radius 1 is 1.11 bits per heavy atom. The molecule has 0 bridgehead atoms. The Kier molecular flexibility index (Phi) is 5.26. The van der Waals surface area contributed by atoms with Gasteiger partial charge in [-0.3, -0.25) is 4.79 Å². The molecule has 2 aromatic rings. The van der Waals surface area contributed by atoms with Crippen molar-refractivity contribution in [2.45, 2.75) is 32.5 Å². The molecular formula is C19H17F4N3O2. The molecule has 1 aliphatic heterocycles. The van der Waals surface area contributed by atoms with Gasteiger partial charge in [0.15, 0.2) is 11.6 Å². The van der Waals surface area contributed by atoms with Gasteiger partial charge >= 0.3 is 6.03 Å². The largest absolute Gasteiger partial charge is 0.348 e. The number of rotatable bonds is 4. The van der Waals surface area contributed by atoms with Gasteiger partial charge in [-0.25, -0.2) is 22.4 Å². The maximum Gasteiger partial charge on any atom is 0.322 e. The molecule has 0 unspecified atom stereocenters. The maximum atomic E-state index is 14.0. The molecule has 2 N–H and O–H groups in total. The second-order valence-corrected chi connectivity index (χ2v) is 6.52. The number of fused-ring (bicyclic) bond motifs is 1. The zero-order valence-corrected chi connectivity index (χ0v) is 15.0. The van der Waals surface area contributed by atoms with Gasteiger partial charge < -0.3 is 15.5 Å². The Morgan fingerprint density at radius 3 is 2.50 bits per heavy atom. The van der Waals surface area contributed by atoms with Crippen LogP contribution in [0, 0.1) is 23.3 Å². The van der Waals surface area contributed by atoms with Crippen LogP contribution in [0.1, 0.15) is 31.0 Å². The first kappa shape index (κ1) is 19.7. The third kappa shape index (κ3) is 3.64. The molecule has 5 nitrogen and oxygen atoms in total. The van der Waals surface area contributed by atoms with E-state index in [2.05, 4.69) is 10.6 Å². The highest BCUT2D eigenvalue weighted by molar-refractivity contribution is 5.96. The number of amides is 3. The molecule has 0 radical (unpaired) electrons. The van der Waals surface area contributed by atoms with Crippen LogP contribution in [-0.2, 0) is 11.3 Å². The van der Waals surface area contributed by atoms with E-state index in [1.807, 2.05) is 0 Å². The Labute approximate surface area is 158 Å². The first-order valence-electron chi connectivity index (χ1n) is 8.49. The molecule has 3 rings (SSSR count). The minimum absolute atomic E-state index is 0.0723. The van der Waals surface area contributed by atoms with Gasteiger partial charge in [-0.2, -0.15) is 0 Å². The van der Waals surface area contributed by atoms with Crippen LogP contribution in [0.5, 0.6) is 0 Å². The highest BCUT2D eigenvalue weighted by atomic mass is 19.2. The summed E-state index contributed by atoms with van der Waals surface area (Å²) >= 11 is 0. The van der Waals surface area contributed by atoms with Crippen LogP contribution in [0.4, 0.5) is 28.0 Å². The van der Waals surface area contributed by atoms with Crippen molar-refractivity contribution in [3.63, 3.8) is 0 Å². The summed E-state index contributed by atoms with van der Waals surface area (Å²) in [7, 11) is 0. The molecule has 9 heteroatoms. The molecular weight excluding hydrogens is 378 g/mol. The van der Waals surface area contributed by atoms with Gasteiger partial charge in [0.25, 0.3) is 0 Å². The number of carbonyl (C=O) groups is 2. The number of hydrogen-bond donors (Lipinski definition) is 2. The van der Waals surface area contributed by atoms with E-state index in [4.69, 9.17) is 0 Å². The fourth-order valence-corrected chi connectivity index (χ4v) is 3.01. The number of nitrogens with one attached hydrogen (secondary N) is 2. The highest BCUT2D eigenvalue weighted by Crippen LogP contribution is 2.28. The summed E-state index contributed by atoms with van der Waals surface area (Å²) in [5.74, 6) is -4.36. The first-order chi connectivity index (χ1) is 13.2. The second-order valence-electron chi connectivity index (χ2n) is 6.52. The number of nitrogens with zero attached hydrogens (tertiary/aromatic N) is 1. The fourth-order valence-electron chi connectivity index (χ4n) is 3.01. The fraction of sp³-hybridized carbons (Fsp3) is 0.263. The predicted octanol–water partition coefficient (Wildman–Crippen LogP) is 3.86. The molecule has 0 fully saturated rings. The van der Waals surface area contributed by atoms with Crippen molar-refractivity contribution in [3.05, 3.63) is 64.7 Å². The van der Waals surface area contributed by atoms with Crippen molar-refractivity contribution < 1.29 is 27.2 Å². The van der Waals surface area contributed by atoms with Gasteiger partial charge in [0.2, 0.25) is 5.91 Å². The van der Waals surface area contributed by atoms with Crippen molar-refractivity contribution >= 4 is 17.6 Å². The molecule has 2 atom stereocenters. The van der Waals surface area contributed by atoms with Crippen LogP contribution in [0.3, 0.4) is 0 Å². The number of carbonyl (C=O) groups excluding carboxylic acids is 2. The summed E-state index contributed by atoms with van der Waals surface area (Å²) in [6.07, 6.45) is 0. The van der Waals surface area contributed by atoms with Crippen molar-refractivity contribution in [3.8, 4) is 0 Å². The zero-order valence-electron chi connectivity index (χ0n) is 15.0. The van der Waals surface area contributed by atoms with Crippen molar-refractivity contribution in [2.75, 3.05) is 5.32 Å².